The lowest BCUT2D eigenvalue weighted by Gasteiger charge is -2.32. The van der Waals surface area contributed by atoms with Gasteiger partial charge in [0.15, 0.2) is 17.3 Å². The Kier molecular flexibility index (Phi) is 3.63. The molecule has 2 nitrogen and oxygen atoms in total. The molecule has 0 saturated heterocycles. The van der Waals surface area contributed by atoms with Crippen molar-refractivity contribution in [3.63, 3.8) is 0 Å². The Morgan fingerprint density at radius 3 is 2.44 bits per heavy atom. The molecule has 0 saturated carbocycles. The fourth-order valence-electron chi connectivity index (χ4n) is 3.15. The highest BCUT2D eigenvalue weighted by molar-refractivity contribution is 9.18. The summed E-state index contributed by atoms with van der Waals surface area (Å²) >= 11 is 6.11. The summed E-state index contributed by atoms with van der Waals surface area (Å²) < 4.78 is 73.3. The zero-order chi connectivity index (χ0) is 18.1. The van der Waals surface area contributed by atoms with Crippen LogP contribution in [0.4, 0.5) is 21.8 Å². The highest BCUT2D eigenvalue weighted by Crippen LogP contribution is 2.42. The van der Waals surface area contributed by atoms with Crippen molar-refractivity contribution in [1.82, 2.24) is 4.48 Å². The number of hydrogen-bond donors (Lipinski definition) is 0. The normalized spacial score (nSPS) is 18.0. The third kappa shape index (κ3) is 2.23. The largest absolute Gasteiger partial charge is 0.738 e. The van der Waals surface area contributed by atoms with E-state index in [2.05, 4.69) is 31.9 Å². The lowest BCUT2D eigenvalue weighted by Crippen LogP contribution is -2.50. The van der Waals surface area contributed by atoms with Crippen molar-refractivity contribution in [2.75, 3.05) is 0 Å². The lowest BCUT2D eigenvalue weighted by molar-refractivity contribution is -0.358. The van der Waals surface area contributed by atoms with Crippen molar-refractivity contribution in [2.24, 2.45) is 0 Å². The highest BCUT2D eigenvalue weighted by Gasteiger charge is 2.54. The summed E-state index contributed by atoms with van der Waals surface area (Å²) in [6.45, 7) is -4.28. The van der Waals surface area contributed by atoms with Gasteiger partial charge < -0.3 is 17.6 Å². The summed E-state index contributed by atoms with van der Waals surface area (Å²) in [5.74, 6) is -3.69. The second-order valence-corrected chi connectivity index (χ2v) is 7.16. The Hall–Kier alpha value is -1.68. The summed E-state index contributed by atoms with van der Waals surface area (Å²) in [6.07, 6.45) is 2.72. The van der Waals surface area contributed by atoms with Gasteiger partial charge in [0.05, 0.1) is 10.2 Å². The summed E-state index contributed by atoms with van der Waals surface area (Å²) in [6, 6.07) is 3.92. The topological polar surface area (TPSA) is 7.94 Å². The van der Waals surface area contributed by atoms with Crippen LogP contribution in [0, 0.1) is 17.5 Å². The molecule has 0 amide bonds. The molecule has 128 valence electrons. The number of allylic oxidation sites excluding steroid dienone is 2. The van der Waals surface area contributed by atoms with Gasteiger partial charge in [-0.2, -0.15) is 0 Å². The molecular formula is C15H6BBr2F5N2. The number of halogens is 7. The van der Waals surface area contributed by atoms with Crippen LogP contribution in [0.15, 0.2) is 46.7 Å². The van der Waals surface area contributed by atoms with Gasteiger partial charge in [0.25, 0.3) is 0 Å². The van der Waals surface area contributed by atoms with E-state index in [0.29, 0.717) is 15.0 Å². The number of hydrogen-bond acceptors (Lipinski definition) is 0. The molecule has 0 atom stereocenters. The van der Waals surface area contributed by atoms with E-state index in [4.69, 9.17) is 0 Å². The second-order valence-electron chi connectivity index (χ2n) is 5.54. The van der Waals surface area contributed by atoms with E-state index in [1.54, 1.807) is 0 Å². The maximum absolute atomic E-state index is 15.0. The molecule has 10 heteroatoms. The summed E-state index contributed by atoms with van der Waals surface area (Å²) in [5.41, 5.74) is -0.541. The molecule has 2 aliphatic heterocycles. The first-order chi connectivity index (χ1) is 11.7. The second kappa shape index (κ2) is 5.41. The SMILES string of the molecule is Fc1cc(F)c(F)c(C2=C3C=CC(Br)=[N+]3[B-](F)(F)n3c(Br)ccc32)c1. The van der Waals surface area contributed by atoms with Crippen molar-refractivity contribution in [1.29, 1.82) is 0 Å². The van der Waals surface area contributed by atoms with E-state index in [0.717, 1.165) is 6.07 Å². The van der Waals surface area contributed by atoms with Gasteiger partial charge in [-0.1, -0.05) is 0 Å². The Balaban J connectivity index is 2.15. The zero-order valence-corrected chi connectivity index (χ0v) is 15.3. The fourth-order valence-corrected chi connectivity index (χ4v) is 4.29. The number of rotatable bonds is 1. The molecule has 0 radical (unpaired) electrons. The minimum absolute atomic E-state index is 0.0277. The van der Waals surface area contributed by atoms with E-state index in [1.165, 1.54) is 24.3 Å². The van der Waals surface area contributed by atoms with E-state index in [1.807, 2.05) is 0 Å². The molecule has 0 bridgehead atoms. The molecule has 2 aromatic rings. The van der Waals surface area contributed by atoms with Crippen LogP contribution < -0.4 is 0 Å². The molecule has 1 aromatic carbocycles. The van der Waals surface area contributed by atoms with Crippen LogP contribution in [-0.4, -0.2) is 20.6 Å². The Morgan fingerprint density at radius 1 is 1.00 bits per heavy atom. The molecule has 2 aliphatic rings. The Bertz CT molecular complexity index is 1040. The maximum atomic E-state index is 15.0. The minimum atomic E-state index is -4.28. The van der Waals surface area contributed by atoms with E-state index < -0.39 is 30.0 Å². The van der Waals surface area contributed by atoms with Gasteiger partial charge in [-0.25, -0.2) is 13.2 Å². The van der Waals surface area contributed by atoms with Crippen LogP contribution >= 0.6 is 31.9 Å². The quantitative estimate of drug-likeness (QED) is 0.308. The smallest absolute Gasteiger partial charge is 0.389 e. The van der Waals surface area contributed by atoms with E-state index >= 15 is 0 Å². The maximum Gasteiger partial charge on any atom is 0.738 e. The minimum Gasteiger partial charge on any atom is -0.389 e. The molecule has 0 spiro atoms. The van der Waals surface area contributed by atoms with Crippen molar-refractivity contribution in [3.8, 4) is 0 Å². The molecule has 3 heterocycles. The van der Waals surface area contributed by atoms with Crippen LogP contribution in [0.2, 0.25) is 0 Å². The highest BCUT2D eigenvalue weighted by atomic mass is 79.9. The van der Waals surface area contributed by atoms with Gasteiger partial charge in [0.1, 0.15) is 5.82 Å². The molecular weight excluding hydrogens is 474 g/mol. The number of benzene rings is 1. The van der Waals surface area contributed by atoms with Crippen molar-refractivity contribution < 1.29 is 26.3 Å². The van der Waals surface area contributed by atoms with Crippen molar-refractivity contribution in [2.45, 2.75) is 0 Å². The standard InChI is InChI=1S/C15H6BBr2F5N2/c17-12-3-1-10-14(8-5-7(19)6-9(20)15(8)21)11-2-4-13(18)25(11)16(22,23)24(10)12/h1-6H. The van der Waals surface area contributed by atoms with Crippen LogP contribution in [-0.2, 0) is 0 Å². The molecule has 0 fully saturated rings. The third-order valence-corrected chi connectivity index (χ3v) is 5.43. The van der Waals surface area contributed by atoms with Gasteiger partial charge in [0, 0.05) is 45.4 Å². The van der Waals surface area contributed by atoms with Gasteiger partial charge in [-0.15, -0.1) is 0 Å². The average molecular weight is 480 g/mol. The summed E-state index contributed by atoms with van der Waals surface area (Å²) in [5, 5.41) is 0. The molecule has 1 aromatic heterocycles. The Morgan fingerprint density at radius 2 is 1.72 bits per heavy atom. The molecule has 0 unspecified atom stereocenters. The van der Waals surface area contributed by atoms with Gasteiger partial charge in [-0.05, 0) is 34.1 Å². The van der Waals surface area contributed by atoms with Crippen LogP contribution in [0.1, 0.15) is 11.3 Å². The van der Waals surface area contributed by atoms with Crippen LogP contribution in [0.5, 0.6) is 0 Å². The van der Waals surface area contributed by atoms with Gasteiger partial charge >= 0.3 is 6.97 Å². The Labute approximate surface area is 155 Å². The number of nitrogens with zero attached hydrogens (tertiary/aromatic N) is 2. The predicted molar refractivity (Wildman–Crippen MR) is 91.2 cm³/mol. The summed E-state index contributed by atoms with van der Waals surface area (Å²) in [7, 11) is 0. The zero-order valence-electron chi connectivity index (χ0n) is 12.1. The predicted octanol–water partition coefficient (Wildman–Crippen LogP) is 5.04. The first-order valence-corrected chi connectivity index (χ1v) is 8.60. The van der Waals surface area contributed by atoms with E-state index in [-0.39, 0.29) is 26.2 Å². The first kappa shape index (κ1) is 16.8. The average Bonchev–Trinajstić information content (AvgIpc) is 3.09. The van der Waals surface area contributed by atoms with E-state index in [9.17, 15) is 21.8 Å². The van der Waals surface area contributed by atoms with Crippen molar-refractivity contribution >= 4 is 49.0 Å². The summed E-state index contributed by atoms with van der Waals surface area (Å²) in [4.78, 5) is 0. The van der Waals surface area contributed by atoms with Crippen LogP contribution in [0.3, 0.4) is 0 Å². The third-order valence-electron chi connectivity index (χ3n) is 4.13. The fraction of sp³-hybridized carbons (Fsp3) is 0. The number of aromatic nitrogens is 1. The van der Waals surface area contributed by atoms with Crippen molar-refractivity contribution in [3.05, 3.63) is 75.4 Å². The first-order valence-electron chi connectivity index (χ1n) is 7.02. The molecule has 0 N–H and O–H groups in total. The lowest BCUT2D eigenvalue weighted by atomic mass is 9.86. The monoisotopic (exact) mass is 478 g/mol. The van der Waals surface area contributed by atoms with Gasteiger partial charge in [0.2, 0.25) is 4.62 Å². The molecule has 25 heavy (non-hydrogen) atoms. The van der Waals surface area contributed by atoms with Gasteiger partial charge in [-0.3, -0.25) is 0 Å². The molecule has 4 rings (SSSR count). The molecule has 0 aliphatic carbocycles. The number of fused-ring (bicyclic) bond motifs is 2. The van der Waals surface area contributed by atoms with Crippen LogP contribution in [0.25, 0.3) is 5.57 Å².